The van der Waals surface area contributed by atoms with Crippen molar-refractivity contribution in [2.24, 2.45) is 0 Å². The number of fused-ring (bicyclic) bond motifs is 1. The molecule has 29 heavy (non-hydrogen) atoms. The van der Waals surface area contributed by atoms with Crippen molar-refractivity contribution < 1.29 is 19.1 Å². The van der Waals surface area contributed by atoms with Crippen LogP contribution >= 0.6 is 22.9 Å². The van der Waals surface area contributed by atoms with Crippen molar-refractivity contribution >= 4 is 40.8 Å². The molecule has 0 saturated carbocycles. The van der Waals surface area contributed by atoms with E-state index in [1.54, 1.807) is 60.7 Å². The van der Waals surface area contributed by atoms with Gasteiger partial charge < -0.3 is 9.47 Å². The van der Waals surface area contributed by atoms with Crippen LogP contribution in [0.3, 0.4) is 0 Å². The molecule has 0 fully saturated rings. The summed E-state index contributed by atoms with van der Waals surface area (Å²) in [6, 6.07) is 14.2. The summed E-state index contributed by atoms with van der Waals surface area (Å²) in [6.07, 6.45) is 1.75. The Morgan fingerprint density at radius 1 is 1.14 bits per heavy atom. The lowest BCUT2D eigenvalue weighted by Crippen LogP contribution is -2.15. The van der Waals surface area contributed by atoms with Crippen LogP contribution in [-0.2, 0) is 4.79 Å². The first kappa shape index (κ1) is 19.4. The highest BCUT2D eigenvalue weighted by Crippen LogP contribution is 2.40. The summed E-state index contributed by atoms with van der Waals surface area (Å²) in [7, 11) is 0. The standard InChI is InChI=1S/C23H17ClO4S/c1-13-10-11-29-19(13)12-18-21(25)16-8-9-17(14(2)22(16)27-18)28-23(26)20(24)15-6-4-3-5-7-15/h3-12,20H,1-2H3/b18-12-. The minimum absolute atomic E-state index is 0.187. The van der Waals surface area contributed by atoms with Crippen molar-refractivity contribution in [2.45, 2.75) is 19.2 Å². The minimum atomic E-state index is -0.927. The maximum atomic E-state index is 12.7. The number of carbonyl (C=O) groups is 2. The van der Waals surface area contributed by atoms with Gasteiger partial charge in [0.15, 0.2) is 11.1 Å². The number of halogens is 1. The number of carbonyl (C=O) groups excluding carboxylic acids is 2. The molecule has 1 atom stereocenters. The van der Waals surface area contributed by atoms with E-state index in [0.717, 1.165) is 10.4 Å². The molecule has 1 aliphatic heterocycles. The topological polar surface area (TPSA) is 52.6 Å². The number of ether oxygens (including phenoxy) is 2. The van der Waals surface area contributed by atoms with Gasteiger partial charge in [-0.15, -0.1) is 22.9 Å². The largest absolute Gasteiger partial charge is 0.452 e. The monoisotopic (exact) mass is 424 g/mol. The van der Waals surface area contributed by atoms with Gasteiger partial charge >= 0.3 is 5.97 Å². The van der Waals surface area contributed by atoms with Crippen molar-refractivity contribution in [1.82, 2.24) is 0 Å². The first-order valence-electron chi connectivity index (χ1n) is 8.98. The number of allylic oxidation sites excluding steroid dienone is 1. The Morgan fingerprint density at radius 3 is 2.59 bits per heavy atom. The van der Waals surface area contributed by atoms with Gasteiger partial charge in [-0.2, -0.15) is 0 Å². The number of aryl methyl sites for hydroxylation is 1. The first-order chi connectivity index (χ1) is 14.0. The van der Waals surface area contributed by atoms with Crippen LogP contribution in [-0.4, -0.2) is 11.8 Å². The van der Waals surface area contributed by atoms with Gasteiger partial charge in [-0.25, -0.2) is 4.79 Å². The molecule has 1 aromatic heterocycles. The molecule has 0 bridgehead atoms. The van der Waals surface area contributed by atoms with Gasteiger partial charge in [-0.3, -0.25) is 4.79 Å². The fourth-order valence-corrected chi connectivity index (χ4v) is 4.09. The number of esters is 1. The van der Waals surface area contributed by atoms with Crippen LogP contribution in [0.5, 0.6) is 11.5 Å². The number of benzene rings is 2. The maximum absolute atomic E-state index is 12.7. The Kier molecular flexibility index (Phi) is 5.26. The molecular weight excluding hydrogens is 408 g/mol. The van der Waals surface area contributed by atoms with Gasteiger partial charge in [0, 0.05) is 16.5 Å². The molecule has 4 rings (SSSR count). The number of Topliss-reactive ketones (excluding diaryl/α,β-unsaturated/α-hetero) is 1. The summed E-state index contributed by atoms with van der Waals surface area (Å²) < 4.78 is 11.3. The molecule has 1 aliphatic rings. The highest BCUT2D eigenvalue weighted by atomic mass is 35.5. The fraction of sp³-hybridized carbons (Fsp3) is 0.130. The smallest absolute Gasteiger partial charge is 0.334 e. The van der Waals surface area contributed by atoms with Crippen LogP contribution in [0.4, 0.5) is 0 Å². The molecule has 0 amide bonds. The molecule has 2 heterocycles. The molecule has 6 heteroatoms. The predicted molar refractivity (Wildman–Crippen MR) is 114 cm³/mol. The van der Waals surface area contributed by atoms with E-state index in [-0.39, 0.29) is 11.5 Å². The molecule has 0 saturated heterocycles. The summed E-state index contributed by atoms with van der Waals surface area (Å²) in [4.78, 5) is 26.1. The van der Waals surface area contributed by atoms with Gasteiger partial charge in [-0.05, 0) is 48.6 Å². The molecule has 0 aliphatic carbocycles. The second-order valence-electron chi connectivity index (χ2n) is 6.67. The maximum Gasteiger partial charge on any atom is 0.334 e. The summed E-state index contributed by atoms with van der Waals surface area (Å²) in [6.45, 7) is 3.73. The zero-order valence-electron chi connectivity index (χ0n) is 15.8. The van der Waals surface area contributed by atoms with E-state index < -0.39 is 11.3 Å². The van der Waals surface area contributed by atoms with E-state index in [4.69, 9.17) is 21.1 Å². The van der Waals surface area contributed by atoms with E-state index in [2.05, 4.69) is 0 Å². The van der Waals surface area contributed by atoms with Crippen molar-refractivity contribution in [3.8, 4) is 11.5 Å². The Hall–Kier alpha value is -2.89. The average molecular weight is 425 g/mol. The Labute approximate surface area is 177 Å². The van der Waals surface area contributed by atoms with Crippen LogP contribution in [0.25, 0.3) is 6.08 Å². The van der Waals surface area contributed by atoms with Crippen molar-refractivity contribution in [1.29, 1.82) is 0 Å². The highest BCUT2D eigenvalue weighted by molar-refractivity contribution is 7.11. The summed E-state index contributed by atoms with van der Waals surface area (Å²) in [5, 5.41) is 1.04. The van der Waals surface area contributed by atoms with Gasteiger partial charge in [-0.1, -0.05) is 30.3 Å². The third-order valence-electron chi connectivity index (χ3n) is 4.71. The summed E-state index contributed by atoms with van der Waals surface area (Å²) >= 11 is 7.79. The SMILES string of the molecule is Cc1ccsc1/C=C1\Oc2c(ccc(OC(=O)C(Cl)c3ccccc3)c2C)C1=O. The second kappa shape index (κ2) is 7.85. The van der Waals surface area contributed by atoms with E-state index in [9.17, 15) is 9.59 Å². The lowest BCUT2D eigenvalue weighted by atomic mass is 10.1. The van der Waals surface area contributed by atoms with Gasteiger partial charge in [0.2, 0.25) is 5.78 Å². The van der Waals surface area contributed by atoms with Crippen molar-refractivity contribution in [2.75, 3.05) is 0 Å². The molecule has 4 nitrogen and oxygen atoms in total. The number of hydrogen-bond donors (Lipinski definition) is 0. The lowest BCUT2D eigenvalue weighted by Gasteiger charge is -2.13. The normalized spacial score (nSPS) is 15.1. The van der Waals surface area contributed by atoms with Crippen LogP contribution in [0, 0.1) is 13.8 Å². The highest BCUT2D eigenvalue weighted by Gasteiger charge is 2.31. The molecule has 2 aromatic carbocycles. The molecule has 3 aromatic rings. The van der Waals surface area contributed by atoms with E-state index in [1.807, 2.05) is 24.4 Å². The minimum Gasteiger partial charge on any atom is -0.452 e. The van der Waals surface area contributed by atoms with Gasteiger partial charge in [0.25, 0.3) is 0 Å². The number of ketones is 1. The lowest BCUT2D eigenvalue weighted by molar-refractivity contribution is -0.134. The predicted octanol–water partition coefficient (Wildman–Crippen LogP) is 5.87. The zero-order chi connectivity index (χ0) is 20.5. The van der Waals surface area contributed by atoms with Crippen LogP contribution < -0.4 is 9.47 Å². The Balaban J connectivity index is 1.58. The summed E-state index contributed by atoms with van der Waals surface area (Å²) in [5.74, 6) is 0.211. The number of thiophene rings is 1. The van der Waals surface area contributed by atoms with Crippen LogP contribution in [0.15, 0.2) is 59.7 Å². The molecule has 1 unspecified atom stereocenters. The Bertz CT molecular complexity index is 1130. The molecule has 0 N–H and O–H groups in total. The van der Waals surface area contributed by atoms with Gasteiger partial charge in [0.05, 0.1) is 5.56 Å². The number of rotatable bonds is 4. The third kappa shape index (κ3) is 3.71. The van der Waals surface area contributed by atoms with E-state index in [1.165, 1.54) is 0 Å². The Morgan fingerprint density at radius 2 is 1.90 bits per heavy atom. The third-order valence-corrected chi connectivity index (χ3v) is 6.11. The summed E-state index contributed by atoms with van der Waals surface area (Å²) in [5.41, 5.74) is 2.76. The second-order valence-corrected chi connectivity index (χ2v) is 8.05. The van der Waals surface area contributed by atoms with E-state index in [0.29, 0.717) is 28.2 Å². The molecular formula is C23H17ClO4S. The fourth-order valence-electron chi connectivity index (χ4n) is 3.05. The first-order valence-corrected chi connectivity index (χ1v) is 10.3. The molecule has 0 radical (unpaired) electrons. The van der Waals surface area contributed by atoms with Crippen LogP contribution in [0.2, 0.25) is 0 Å². The quantitative estimate of drug-likeness (QED) is 0.227. The van der Waals surface area contributed by atoms with Crippen molar-refractivity contribution in [3.05, 3.63) is 86.8 Å². The molecule has 146 valence electrons. The molecule has 0 spiro atoms. The average Bonchev–Trinajstić information content (AvgIpc) is 3.28. The van der Waals surface area contributed by atoms with Crippen LogP contribution in [0.1, 0.15) is 37.3 Å². The number of alkyl halides is 1. The van der Waals surface area contributed by atoms with Crippen molar-refractivity contribution in [3.63, 3.8) is 0 Å². The van der Waals surface area contributed by atoms with Gasteiger partial charge in [0.1, 0.15) is 11.5 Å². The zero-order valence-corrected chi connectivity index (χ0v) is 17.3. The van der Waals surface area contributed by atoms with E-state index >= 15 is 0 Å². The number of hydrogen-bond acceptors (Lipinski definition) is 5.